The highest BCUT2D eigenvalue weighted by Gasteiger charge is 2.58. The Bertz CT molecular complexity index is 1530. The standard InChI is InChI=1S/C27H26Cl2N2O8S/c1-38-24-9-6-18(12-25(24)39-2)21(13-20-22(28)14-30(35)15-23(20)29)27(26(33)34)10-3-11-31(27)40(36,37)19-7-4-17(16-32)5-8-19/h4-9,12,14-16,21H,3,10-11,13H2,1-2H3,(H,33,34)/t21-,27-/m0/s1. The third-order valence-electron chi connectivity index (χ3n) is 7.19. The molecule has 4 rings (SSSR count). The topological polar surface area (TPSA) is 137 Å². The SMILES string of the molecule is COc1ccc([C@H](Cc2c(Cl)c[n+]([O-])cc2Cl)[C@]2(C(=O)O)CCCN2S(=O)(=O)c2ccc(C=O)cc2)cc1OC. The summed E-state index contributed by atoms with van der Waals surface area (Å²) < 4.78 is 40.2. The Hall–Kier alpha value is -3.38. The van der Waals surface area contributed by atoms with E-state index in [1.165, 1.54) is 38.5 Å². The van der Waals surface area contributed by atoms with Crippen LogP contribution in [0.15, 0.2) is 59.8 Å². The van der Waals surface area contributed by atoms with Gasteiger partial charge < -0.3 is 19.8 Å². The number of rotatable bonds is 10. The Morgan fingerprint density at radius 1 is 1.12 bits per heavy atom. The van der Waals surface area contributed by atoms with E-state index in [4.69, 9.17) is 32.7 Å². The van der Waals surface area contributed by atoms with Crippen molar-refractivity contribution in [3.63, 3.8) is 0 Å². The summed E-state index contributed by atoms with van der Waals surface area (Å²) in [5.74, 6) is -1.69. The molecule has 2 aromatic carbocycles. The van der Waals surface area contributed by atoms with Crippen molar-refractivity contribution in [3.05, 3.63) is 86.8 Å². The number of benzene rings is 2. The van der Waals surface area contributed by atoms with E-state index < -0.39 is 27.4 Å². The van der Waals surface area contributed by atoms with Gasteiger partial charge in [-0.2, -0.15) is 9.04 Å². The van der Waals surface area contributed by atoms with Gasteiger partial charge in [-0.05, 0) is 49.1 Å². The van der Waals surface area contributed by atoms with Gasteiger partial charge in [0.05, 0.1) is 19.1 Å². The van der Waals surface area contributed by atoms with Crippen molar-refractivity contribution in [2.45, 2.75) is 35.6 Å². The molecule has 1 aromatic heterocycles. The molecule has 1 fully saturated rings. The normalized spacial score (nSPS) is 18.3. The zero-order chi connectivity index (χ0) is 29.2. The van der Waals surface area contributed by atoms with Crippen molar-refractivity contribution in [1.29, 1.82) is 0 Å². The van der Waals surface area contributed by atoms with Gasteiger partial charge in [-0.1, -0.05) is 41.4 Å². The zero-order valence-corrected chi connectivity index (χ0v) is 23.9. The molecule has 1 saturated heterocycles. The monoisotopic (exact) mass is 608 g/mol. The van der Waals surface area contributed by atoms with Crippen LogP contribution in [0.1, 0.15) is 40.2 Å². The van der Waals surface area contributed by atoms with Crippen molar-refractivity contribution in [3.8, 4) is 11.5 Å². The maximum Gasteiger partial charge on any atom is 0.325 e. The summed E-state index contributed by atoms with van der Waals surface area (Å²) in [5, 5.41) is 22.7. The Labute approximate surface area is 241 Å². The van der Waals surface area contributed by atoms with Gasteiger partial charge in [0.1, 0.15) is 21.9 Å². The number of ether oxygens (including phenoxy) is 2. The number of carbonyl (C=O) groups excluding carboxylic acids is 1. The summed E-state index contributed by atoms with van der Waals surface area (Å²) in [4.78, 5) is 24.2. The molecular weight excluding hydrogens is 583 g/mol. The summed E-state index contributed by atoms with van der Waals surface area (Å²) >= 11 is 12.8. The molecule has 3 aromatic rings. The zero-order valence-electron chi connectivity index (χ0n) is 21.5. The van der Waals surface area contributed by atoms with Gasteiger partial charge >= 0.3 is 5.97 Å². The number of carboxylic acids is 1. The predicted molar refractivity (Wildman–Crippen MR) is 147 cm³/mol. The number of aromatic nitrogens is 1. The lowest BCUT2D eigenvalue weighted by molar-refractivity contribution is -0.605. The van der Waals surface area contributed by atoms with Crippen LogP contribution in [0.3, 0.4) is 0 Å². The second kappa shape index (κ2) is 11.6. The van der Waals surface area contributed by atoms with Gasteiger partial charge in [-0.15, -0.1) is 0 Å². The molecule has 0 aliphatic carbocycles. The summed E-state index contributed by atoms with van der Waals surface area (Å²) in [6.07, 6.45) is 2.91. The molecular formula is C27H26Cl2N2O8S. The molecule has 0 unspecified atom stereocenters. The highest BCUT2D eigenvalue weighted by Crippen LogP contribution is 2.48. The molecule has 1 aliphatic rings. The second-order valence-electron chi connectivity index (χ2n) is 9.26. The van der Waals surface area contributed by atoms with Crippen LogP contribution in [-0.4, -0.2) is 56.4 Å². The number of carbonyl (C=O) groups is 2. The fourth-order valence-corrected chi connectivity index (χ4v) is 7.70. The average molecular weight is 609 g/mol. The summed E-state index contributed by atoms with van der Waals surface area (Å²) in [7, 11) is -1.47. The minimum absolute atomic E-state index is 0.00497. The summed E-state index contributed by atoms with van der Waals surface area (Å²) in [6.45, 7) is -0.0648. The smallest absolute Gasteiger partial charge is 0.325 e. The van der Waals surface area contributed by atoms with E-state index >= 15 is 0 Å². The number of carboxylic acid groups (broad SMARTS) is 1. The van der Waals surface area contributed by atoms with Crippen LogP contribution < -0.4 is 14.2 Å². The first kappa shape index (κ1) is 29.6. The van der Waals surface area contributed by atoms with Crippen molar-refractivity contribution in [1.82, 2.24) is 4.31 Å². The maximum absolute atomic E-state index is 14.0. The molecule has 2 heterocycles. The largest absolute Gasteiger partial charge is 0.619 e. The molecule has 1 aliphatic heterocycles. The number of pyridine rings is 1. The van der Waals surface area contributed by atoms with Crippen LogP contribution in [0.4, 0.5) is 0 Å². The lowest BCUT2D eigenvalue weighted by Crippen LogP contribution is -2.57. The molecule has 0 spiro atoms. The van der Waals surface area contributed by atoms with Crippen LogP contribution in [0.25, 0.3) is 0 Å². The molecule has 0 bridgehead atoms. The lowest BCUT2D eigenvalue weighted by Gasteiger charge is -2.41. The van der Waals surface area contributed by atoms with E-state index in [0.29, 0.717) is 28.1 Å². The van der Waals surface area contributed by atoms with Crippen LogP contribution in [-0.2, 0) is 21.2 Å². The summed E-state index contributed by atoms with van der Waals surface area (Å²) in [6, 6.07) is 10.1. The predicted octanol–water partition coefficient (Wildman–Crippen LogP) is 4.09. The van der Waals surface area contributed by atoms with Crippen LogP contribution >= 0.6 is 23.2 Å². The first-order valence-corrected chi connectivity index (χ1v) is 14.3. The first-order chi connectivity index (χ1) is 19.0. The van der Waals surface area contributed by atoms with E-state index in [1.54, 1.807) is 18.2 Å². The fourth-order valence-electron chi connectivity index (χ4n) is 5.27. The number of aliphatic carboxylic acids is 1. The Kier molecular flexibility index (Phi) is 8.60. The Morgan fingerprint density at radius 3 is 2.30 bits per heavy atom. The minimum Gasteiger partial charge on any atom is -0.619 e. The molecule has 13 heteroatoms. The number of sulfonamides is 1. The van der Waals surface area contributed by atoms with E-state index in [1.807, 2.05) is 0 Å². The van der Waals surface area contributed by atoms with E-state index in [2.05, 4.69) is 0 Å². The van der Waals surface area contributed by atoms with Gasteiger partial charge in [0, 0.05) is 23.6 Å². The van der Waals surface area contributed by atoms with Crippen LogP contribution in [0, 0.1) is 5.21 Å². The second-order valence-corrected chi connectivity index (χ2v) is 11.9. The Balaban J connectivity index is 1.95. The lowest BCUT2D eigenvalue weighted by atomic mass is 9.74. The van der Waals surface area contributed by atoms with Gasteiger partial charge in [-0.25, -0.2) is 8.42 Å². The maximum atomic E-state index is 14.0. The molecule has 1 N–H and O–H groups in total. The highest BCUT2D eigenvalue weighted by molar-refractivity contribution is 7.89. The van der Waals surface area contributed by atoms with E-state index in [0.717, 1.165) is 16.7 Å². The molecule has 212 valence electrons. The van der Waals surface area contributed by atoms with E-state index in [9.17, 15) is 28.3 Å². The quantitative estimate of drug-likeness (QED) is 0.206. The highest BCUT2D eigenvalue weighted by atomic mass is 35.5. The van der Waals surface area contributed by atoms with Gasteiger partial charge in [-0.3, -0.25) is 9.59 Å². The summed E-state index contributed by atoms with van der Waals surface area (Å²) in [5.41, 5.74) is -0.977. The van der Waals surface area contributed by atoms with Gasteiger partial charge in [0.15, 0.2) is 23.9 Å². The molecule has 2 atom stereocenters. The number of hydrogen-bond acceptors (Lipinski definition) is 7. The fraction of sp³-hybridized carbons (Fsp3) is 0.296. The number of methoxy groups -OCH3 is 2. The van der Waals surface area contributed by atoms with Gasteiger partial charge in [0.2, 0.25) is 10.0 Å². The first-order valence-electron chi connectivity index (χ1n) is 12.1. The Morgan fingerprint density at radius 2 is 1.75 bits per heavy atom. The number of halogens is 2. The molecule has 0 saturated carbocycles. The van der Waals surface area contributed by atoms with Gasteiger partial charge in [0.25, 0.3) is 0 Å². The number of hydrogen-bond donors (Lipinski definition) is 1. The number of aldehydes is 1. The number of nitrogens with zero attached hydrogens (tertiary/aromatic N) is 2. The van der Waals surface area contributed by atoms with Crippen LogP contribution in [0.5, 0.6) is 11.5 Å². The van der Waals surface area contributed by atoms with Crippen molar-refractivity contribution in [2.24, 2.45) is 0 Å². The van der Waals surface area contributed by atoms with Crippen molar-refractivity contribution < 1.29 is 37.3 Å². The molecule has 0 amide bonds. The molecule has 40 heavy (non-hydrogen) atoms. The average Bonchev–Trinajstić information content (AvgIpc) is 3.39. The van der Waals surface area contributed by atoms with E-state index in [-0.39, 0.29) is 51.9 Å². The minimum atomic E-state index is -4.36. The van der Waals surface area contributed by atoms with Crippen molar-refractivity contribution >= 4 is 45.5 Å². The molecule has 10 nitrogen and oxygen atoms in total. The third-order valence-corrected chi connectivity index (χ3v) is 9.80. The molecule has 0 radical (unpaired) electrons. The third kappa shape index (κ3) is 5.22. The van der Waals surface area contributed by atoms with Crippen molar-refractivity contribution in [2.75, 3.05) is 20.8 Å². The van der Waals surface area contributed by atoms with Crippen LogP contribution in [0.2, 0.25) is 10.0 Å².